The second kappa shape index (κ2) is 8.47. The number of aliphatic hydroxyl groups excluding tert-OH is 1. The summed E-state index contributed by atoms with van der Waals surface area (Å²) in [6.07, 6.45) is 7.71. The number of nitrogens with zero attached hydrogens (tertiary/aromatic N) is 3. The van der Waals surface area contributed by atoms with Crippen LogP contribution in [0.4, 0.5) is 0 Å². The Bertz CT molecular complexity index is 959. The fourth-order valence-electron chi connectivity index (χ4n) is 5.97. The average molecular weight is 440 g/mol. The van der Waals surface area contributed by atoms with Gasteiger partial charge >= 0.3 is 0 Å². The van der Waals surface area contributed by atoms with Crippen LogP contribution in [-0.2, 0) is 11.2 Å². The van der Waals surface area contributed by atoms with Crippen LogP contribution < -0.4 is 0 Å². The van der Waals surface area contributed by atoms with Gasteiger partial charge in [0.15, 0.2) is 0 Å². The molecule has 4 rings (SSSR count). The van der Waals surface area contributed by atoms with E-state index in [1.807, 2.05) is 26.2 Å². The van der Waals surface area contributed by atoms with Crippen molar-refractivity contribution < 1.29 is 9.90 Å². The Balaban J connectivity index is 1.61. The number of fused-ring (bicyclic) bond motifs is 2. The standard InChI is InChI=1S/C25H33N3O2S/c1-6-12-28(5)24(30)15(2)18-9-10-25(4)13-19-21(16(3)20(25)22(18)29)27-23(31-19)17-8-7-11-26-14-17/h6-8,11,14-16,18,20,22,29H,1,9-10,12-13H2,2-5H3. The maximum Gasteiger partial charge on any atom is 0.225 e. The van der Waals surface area contributed by atoms with Crippen LogP contribution in [0, 0.1) is 23.2 Å². The summed E-state index contributed by atoms with van der Waals surface area (Å²) in [6.45, 7) is 10.8. The van der Waals surface area contributed by atoms with Crippen molar-refractivity contribution in [2.45, 2.75) is 52.1 Å². The number of pyridine rings is 1. The predicted octanol–water partition coefficient (Wildman–Crippen LogP) is 4.54. The zero-order valence-electron chi connectivity index (χ0n) is 18.9. The molecular weight excluding hydrogens is 406 g/mol. The molecule has 0 bridgehead atoms. The first-order valence-corrected chi connectivity index (χ1v) is 12.0. The fraction of sp³-hybridized carbons (Fsp3) is 0.560. The third-order valence-electron chi connectivity index (χ3n) is 7.64. The van der Waals surface area contributed by atoms with E-state index in [2.05, 4.69) is 31.5 Å². The number of hydrogen-bond donors (Lipinski definition) is 1. The first-order valence-electron chi connectivity index (χ1n) is 11.2. The number of amides is 1. The molecule has 1 N–H and O–H groups in total. The second-order valence-electron chi connectivity index (χ2n) is 9.70. The van der Waals surface area contributed by atoms with E-state index >= 15 is 0 Å². The molecule has 2 aliphatic rings. The molecule has 6 heteroatoms. The molecule has 2 heterocycles. The molecule has 0 aliphatic heterocycles. The Morgan fingerprint density at radius 1 is 1.52 bits per heavy atom. The van der Waals surface area contributed by atoms with Crippen LogP contribution in [0.15, 0.2) is 37.2 Å². The van der Waals surface area contributed by atoms with Crippen molar-refractivity contribution in [3.8, 4) is 10.6 Å². The van der Waals surface area contributed by atoms with Crippen molar-refractivity contribution in [1.29, 1.82) is 0 Å². The Labute approximate surface area is 189 Å². The molecule has 6 unspecified atom stereocenters. The molecule has 2 aromatic heterocycles. The molecule has 0 spiro atoms. The van der Waals surface area contributed by atoms with Crippen LogP contribution in [0.5, 0.6) is 0 Å². The topological polar surface area (TPSA) is 66.3 Å². The zero-order valence-corrected chi connectivity index (χ0v) is 19.7. The second-order valence-corrected chi connectivity index (χ2v) is 10.8. The van der Waals surface area contributed by atoms with Gasteiger partial charge in [0.1, 0.15) is 5.01 Å². The van der Waals surface area contributed by atoms with Crippen LogP contribution in [0.25, 0.3) is 10.6 Å². The van der Waals surface area contributed by atoms with E-state index in [9.17, 15) is 9.90 Å². The lowest BCUT2D eigenvalue weighted by Gasteiger charge is -2.53. The summed E-state index contributed by atoms with van der Waals surface area (Å²) in [5, 5.41) is 12.6. The molecule has 1 fully saturated rings. The van der Waals surface area contributed by atoms with Crippen molar-refractivity contribution >= 4 is 17.2 Å². The zero-order chi connectivity index (χ0) is 22.3. The lowest BCUT2D eigenvalue weighted by molar-refractivity contribution is -0.143. The van der Waals surface area contributed by atoms with Gasteiger partial charge in [-0.15, -0.1) is 17.9 Å². The van der Waals surface area contributed by atoms with Crippen LogP contribution in [-0.4, -0.2) is 45.6 Å². The highest BCUT2D eigenvalue weighted by Gasteiger charge is 2.54. The number of aliphatic hydroxyl groups is 1. The van der Waals surface area contributed by atoms with Gasteiger partial charge in [-0.2, -0.15) is 0 Å². The van der Waals surface area contributed by atoms with Crippen molar-refractivity contribution in [2.24, 2.45) is 23.2 Å². The van der Waals surface area contributed by atoms with Crippen LogP contribution in [0.2, 0.25) is 0 Å². The minimum atomic E-state index is -0.512. The molecule has 0 radical (unpaired) electrons. The van der Waals surface area contributed by atoms with Crippen molar-refractivity contribution in [3.63, 3.8) is 0 Å². The van der Waals surface area contributed by atoms with E-state index < -0.39 is 6.10 Å². The van der Waals surface area contributed by atoms with Gasteiger partial charge in [0.25, 0.3) is 0 Å². The van der Waals surface area contributed by atoms with Gasteiger partial charge in [0.2, 0.25) is 5.91 Å². The average Bonchev–Trinajstić information content (AvgIpc) is 3.17. The highest BCUT2D eigenvalue weighted by molar-refractivity contribution is 7.15. The summed E-state index contributed by atoms with van der Waals surface area (Å²) in [4.78, 5) is 25.2. The summed E-state index contributed by atoms with van der Waals surface area (Å²) in [5.74, 6) is 0.103. The number of carbonyl (C=O) groups excluding carboxylic acids is 1. The summed E-state index contributed by atoms with van der Waals surface area (Å²) in [5.41, 5.74) is 2.19. The summed E-state index contributed by atoms with van der Waals surface area (Å²) in [6, 6.07) is 3.99. The number of hydrogen-bond acceptors (Lipinski definition) is 5. The monoisotopic (exact) mass is 439 g/mol. The molecule has 6 atom stereocenters. The minimum Gasteiger partial charge on any atom is -0.392 e. The summed E-state index contributed by atoms with van der Waals surface area (Å²) < 4.78 is 0. The van der Waals surface area contributed by atoms with E-state index in [4.69, 9.17) is 4.98 Å². The highest BCUT2D eigenvalue weighted by atomic mass is 32.1. The normalized spacial score (nSPS) is 30.7. The Hall–Kier alpha value is -2.05. The Kier molecular flexibility index (Phi) is 6.05. The smallest absolute Gasteiger partial charge is 0.225 e. The fourth-order valence-corrected chi connectivity index (χ4v) is 7.33. The van der Waals surface area contributed by atoms with Crippen LogP contribution in [0.1, 0.15) is 50.1 Å². The Morgan fingerprint density at radius 3 is 2.97 bits per heavy atom. The molecule has 1 amide bonds. The van der Waals surface area contributed by atoms with Gasteiger partial charge in [0, 0.05) is 48.3 Å². The number of aromatic nitrogens is 2. The largest absolute Gasteiger partial charge is 0.392 e. The van der Waals surface area contributed by atoms with Crippen molar-refractivity contribution in [1.82, 2.24) is 14.9 Å². The van der Waals surface area contributed by atoms with Gasteiger partial charge in [-0.3, -0.25) is 9.78 Å². The lowest BCUT2D eigenvalue weighted by Crippen LogP contribution is -2.53. The van der Waals surface area contributed by atoms with Crippen molar-refractivity contribution in [2.75, 3.05) is 13.6 Å². The molecule has 0 saturated heterocycles. The third-order valence-corrected chi connectivity index (χ3v) is 8.76. The maximum atomic E-state index is 12.9. The van der Waals surface area contributed by atoms with Gasteiger partial charge in [0.05, 0.1) is 11.8 Å². The number of likely N-dealkylation sites (N-methyl/N-ethyl adjacent to an activating group) is 1. The quantitative estimate of drug-likeness (QED) is 0.695. The molecule has 166 valence electrons. The van der Waals surface area contributed by atoms with Gasteiger partial charge in [-0.1, -0.05) is 26.8 Å². The lowest BCUT2D eigenvalue weighted by atomic mass is 9.53. The molecule has 2 aliphatic carbocycles. The first kappa shape index (κ1) is 22.2. The van der Waals surface area contributed by atoms with Crippen LogP contribution >= 0.6 is 11.3 Å². The van der Waals surface area contributed by atoms with E-state index in [1.54, 1.807) is 28.5 Å². The predicted molar refractivity (Wildman–Crippen MR) is 125 cm³/mol. The third kappa shape index (κ3) is 3.85. The van der Waals surface area contributed by atoms with E-state index in [0.29, 0.717) is 6.54 Å². The molecular formula is C25H33N3O2S. The highest BCUT2D eigenvalue weighted by Crippen LogP contribution is 2.57. The molecule has 2 aromatic rings. The summed E-state index contributed by atoms with van der Waals surface area (Å²) in [7, 11) is 1.81. The summed E-state index contributed by atoms with van der Waals surface area (Å²) >= 11 is 1.77. The maximum absolute atomic E-state index is 12.9. The first-order chi connectivity index (χ1) is 14.8. The van der Waals surface area contributed by atoms with Crippen molar-refractivity contribution in [3.05, 3.63) is 47.8 Å². The van der Waals surface area contributed by atoms with Gasteiger partial charge in [-0.25, -0.2) is 4.98 Å². The SMILES string of the molecule is C=CCN(C)C(=O)C(C)C1CCC2(C)Cc3sc(-c4cccnc4)nc3C(C)C2C1O. The number of carbonyl (C=O) groups is 1. The van der Waals surface area contributed by atoms with E-state index in [1.165, 1.54) is 4.88 Å². The molecule has 0 aromatic carbocycles. The number of thiazole rings is 1. The van der Waals surface area contributed by atoms with Crippen LogP contribution in [0.3, 0.4) is 0 Å². The Morgan fingerprint density at radius 2 is 2.29 bits per heavy atom. The minimum absolute atomic E-state index is 0.0247. The molecule has 5 nitrogen and oxygen atoms in total. The van der Waals surface area contributed by atoms with E-state index in [-0.39, 0.29) is 35.0 Å². The molecule has 31 heavy (non-hydrogen) atoms. The van der Waals surface area contributed by atoms with Gasteiger partial charge < -0.3 is 10.0 Å². The van der Waals surface area contributed by atoms with Gasteiger partial charge in [-0.05, 0) is 48.6 Å². The molecule has 1 saturated carbocycles. The number of rotatable bonds is 5. The van der Waals surface area contributed by atoms with E-state index in [0.717, 1.165) is 35.5 Å².